The number of likely N-dealkylation sites (tertiary alicyclic amines) is 1. The van der Waals surface area contributed by atoms with Gasteiger partial charge in [-0.2, -0.15) is 16.7 Å². The van der Waals surface area contributed by atoms with Gasteiger partial charge in [0.1, 0.15) is 0 Å². The molecule has 1 saturated heterocycles. The summed E-state index contributed by atoms with van der Waals surface area (Å²) >= 11 is 2.10. The van der Waals surface area contributed by atoms with E-state index in [9.17, 15) is 4.79 Å². The summed E-state index contributed by atoms with van der Waals surface area (Å²) in [7, 11) is 0. The molecule has 7 heteroatoms. The number of benzene rings is 1. The van der Waals surface area contributed by atoms with E-state index in [1.807, 2.05) is 31.2 Å². The molecule has 2 aliphatic rings. The van der Waals surface area contributed by atoms with Crippen molar-refractivity contribution < 1.29 is 9.32 Å². The standard InChI is InChI=1S/C25H36N4O2S/c1-19-9-5-6-13-22(19)24-27-23(31-28-24)18-29-15-7-10-20(17-29)25(30)26-14-8-16-32-21-11-3-2-4-12-21/h5-6,9,13,20-21H,2-4,7-8,10-12,14-18H2,1H3,(H,26,30). The third-order valence-electron chi connectivity index (χ3n) is 6.62. The molecule has 174 valence electrons. The molecule has 1 unspecified atom stereocenters. The lowest BCUT2D eigenvalue weighted by atomic mass is 9.97. The van der Waals surface area contributed by atoms with E-state index in [1.165, 1.54) is 32.1 Å². The summed E-state index contributed by atoms with van der Waals surface area (Å²) < 4.78 is 5.51. The highest BCUT2D eigenvalue weighted by molar-refractivity contribution is 7.99. The van der Waals surface area contributed by atoms with Gasteiger partial charge in [0.2, 0.25) is 17.6 Å². The van der Waals surface area contributed by atoms with Crippen LogP contribution in [-0.2, 0) is 11.3 Å². The maximum atomic E-state index is 12.7. The normalized spacial score (nSPS) is 20.3. The summed E-state index contributed by atoms with van der Waals surface area (Å²) in [6.45, 7) is 5.15. The molecule has 2 fully saturated rings. The Labute approximate surface area is 195 Å². The van der Waals surface area contributed by atoms with Gasteiger partial charge in [-0.25, -0.2) is 0 Å². The average Bonchev–Trinajstić information content (AvgIpc) is 3.28. The van der Waals surface area contributed by atoms with Gasteiger partial charge in [0.15, 0.2) is 0 Å². The molecule has 1 N–H and O–H groups in total. The molecule has 1 saturated carbocycles. The van der Waals surface area contributed by atoms with Gasteiger partial charge in [-0.1, -0.05) is 48.7 Å². The Morgan fingerprint density at radius 1 is 1.19 bits per heavy atom. The van der Waals surface area contributed by atoms with Crippen LogP contribution in [0.2, 0.25) is 0 Å². The second-order valence-corrected chi connectivity index (χ2v) is 10.6. The van der Waals surface area contributed by atoms with Gasteiger partial charge < -0.3 is 9.84 Å². The van der Waals surface area contributed by atoms with E-state index >= 15 is 0 Å². The molecule has 1 aromatic carbocycles. The first-order valence-corrected chi connectivity index (χ1v) is 13.2. The number of aryl methyl sites for hydroxylation is 1. The topological polar surface area (TPSA) is 71.3 Å². The summed E-state index contributed by atoms with van der Waals surface area (Å²) in [5.74, 6) is 2.65. The van der Waals surface area contributed by atoms with Gasteiger partial charge in [-0.3, -0.25) is 9.69 Å². The van der Waals surface area contributed by atoms with Crippen molar-refractivity contribution in [1.82, 2.24) is 20.4 Å². The van der Waals surface area contributed by atoms with Crippen molar-refractivity contribution in [3.8, 4) is 11.4 Å². The lowest BCUT2D eigenvalue weighted by Gasteiger charge is -2.30. The first kappa shape index (κ1) is 23.3. The first-order valence-electron chi connectivity index (χ1n) is 12.2. The van der Waals surface area contributed by atoms with Crippen LogP contribution in [0.15, 0.2) is 28.8 Å². The van der Waals surface area contributed by atoms with Crippen molar-refractivity contribution in [3.05, 3.63) is 35.7 Å². The Morgan fingerprint density at radius 2 is 2.03 bits per heavy atom. The third kappa shape index (κ3) is 6.58. The van der Waals surface area contributed by atoms with Crippen LogP contribution >= 0.6 is 11.8 Å². The molecule has 6 nitrogen and oxygen atoms in total. The zero-order chi connectivity index (χ0) is 22.2. The minimum absolute atomic E-state index is 0.0495. The molecule has 1 amide bonds. The highest BCUT2D eigenvalue weighted by atomic mass is 32.2. The van der Waals surface area contributed by atoms with Crippen LogP contribution in [0.25, 0.3) is 11.4 Å². The van der Waals surface area contributed by atoms with Gasteiger partial charge in [0.25, 0.3) is 0 Å². The Balaban J connectivity index is 1.19. The van der Waals surface area contributed by atoms with Crippen molar-refractivity contribution in [3.63, 3.8) is 0 Å². The van der Waals surface area contributed by atoms with E-state index in [1.54, 1.807) is 0 Å². The van der Waals surface area contributed by atoms with Crippen LogP contribution in [0, 0.1) is 12.8 Å². The largest absolute Gasteiger partial charge is 0.356 e. The first-order chi connectivity index (χ1) is 15.7. The number of amides is 1. The van der Waals surface area contributed by atoms with Gasteiger partial charge in [0.05, 0.1) is 12.5 Å². The van der Waals surface area contributed by atoms with Crippen LogP contribution in [0.3, 0.4) is 0 Å². The van der Waals surface area contributed by atoms with Crippen LogP contribution in [0.1, 0.15) is 62.8 Å². The average molecular weight is 457 g/mol. The predicted octanol–water partition coefficient (Wildman–Crippen LogP) is 4.83. The molecular weight excluding hydrogens is 420 g/mol. The Kier molecular flexibility index (Phi) is 8.62. The van der Waals surface area contributed by atoms with E-state index in [0.29, 0.717) is 18.3 Å². The zero-order valence-corrected chi connectivity index (χ0v) is 20.0. The fraction of sp³-hybridized carbons (Fsp3) is 0.640. The second kappa shape index (κ2) is 11.8. The van der Waals surface area contributed by atoms with Crippen LogP contribution in [0.5, 0.6) is 0 Å². The molecule has 1 atom stereocenters. The SMILES string of the molecule is Cc1ccccc1-c1noc(CN2CCCC(C(=O)NCCCSC3CCCCC3)C2)n1. The Bertz CT molecular complexity index is 865. The molecule has 1 aliphatic carbocycles. The number of nitrogens with one attached hydrogen (secondary N) is 1. The summed E-state index contributed by atoms with van der Waals surface area (Å²) in [5, 5.41) is 8.19. The molecule has 0 spiro atoms. The van der Waals surface area contributed by atoms with Gasteiger partial charge in [0, 0.05) is 23.9 Å². The number of rotatable bonds is 9. The number of thioether (sulfide) groups is 1. The van der Waals surface area contributed by atoms with E-state index in [0.717, 1.165) is 61.0 Å². The number of hydrogen-bond acceptors (Lipinski definition) is 6. The molecular formula is C25H36N4O2S. The highest BCUT2D eigenvalue weighted by Gasteiger charge is 2.27. The van der Waals surface area contributed by atoms with E-state index in [2.05, 4.69) is 32.1 Å². The van der Waals surface area contributed by atoms with Crippen LogP contribution in [0.4, 0.5) is 0 Å². The maximum Gasteiger partial charge on any atom is 0.241 e. The molecule has 2 aromatic rings. The molecule has 0 bridgehead atoms. The van der Waals surface area contributed by atoms with Crippen molar-refractivity contribution >= 4 is 17.7 Å². The third-order valence-corrected chi connectivity index (χ3v) is 8.08. The number of piperidine rings is 1. The number of carbonyl (C=O) groups is 1. The summed E-state index contributed by atoms with van der Waals surface area (Å²) in [4.78, 5) is 19.5. The molecule has 32 heavy (non-hydrogen) atoms. The molecule has 1 aliphatic heterocycles. The number of aromatic nitrogens is 2. The van der Waals surface area contributed by atoms with Crippen molar-refractivity contribution in [2.24, 2.45) is 5.92 Å². The zero-order valence-electron chi connectivity index (χ0n) is 19.2. The highest BCUT2D eigenvalue weighted by Crippen LogP contribution is 2.28. The fourth-order valence-corrected chi connectivity index (χ4v) is 6.08. The number of hydrogen-bond donors (Lipinski definition) is 1. The number of nitrogens with zero attached hydrogens (tertiary/aromatic N) is 3. The van der Waals surface area contributed by atoms with Gasteiger partial charge in [-0.05, 0) is 56.9 Å². The predicted molar refractivity (Wildman–Crippen MR) is 129 cm³/mol. The van der Waals surface area contributed by atoms with E-state index in [4.69, 9.17) is 4.52 Å². The maximum absolute atomic E-state index is 12.7. The minimum atomic E-state index is 0.0495. The summed E-state index contributed by atoms with van der Waals surface area (Å²) in [6.07, 6.45) is 9.99. The van der Waals surface area contributed by atoms with Gasteiger partial charge >= 0.3 is 0 Å². The van der Waals surface area contributed by atoms with Crippen LogP contribution in [-0.4, -0.2) is 51.6 Å². The van der Waals surface area contributed by atoms with Crippen LogP contribution < -0.4 is 5.32 Å². The second-order valence-electron chi connectivity index (χ2n) is 9.18. The monoisotopic (exact) mass is 456 g/mol. The summed E-state index contributed by atoms with van der Waals surface area (Å²) in [5.41, 5.74) is 2.13. The minimum Gasteiger partial charge on any atom is -0.356 e. The summed E-state index contributed by atoms with van der Waals surface area (Å²) in [6, 6.07) is 8.06. The van der Waals surface area contributed by atoms with Crippen molar-refractivity contribution in [2.45, 2.75) is 70.1 Å². The van der Waals surface area contributed by atoms with Crippen molar-refractivity contribution in [2.75, 3.05) is 25.4 Å². The Morgan fingerprint density at radius 3 is 2.88 bits per heavy atom. The molecule has 2 heterocycles. The van der Waals surface area contributed by atoms with E-state index in [-0.39, 0.29) is 11.8 Å². The quantitative estimate of drug-likeness (QED) is 0.545. The smallest absolute Gasteiger partial charge is 0.241 e. The van der Waals surface area contributed by atoms with Crippen molar-refractivity contribution in [1.29, 1.82) is 0 Å². The van der Waals surface area contributed by atoms with Gasteiger partial charge in [-0.15, -0.1) is 0 Å². The molecule has 4 rings (SSSR count). The lowest BCUT2D eigenvalue weighted by molar-refractivity contribution is -0.126. The Hall–Kier alpha value is -1.86. The molecule has 1 aromatic heterocycles. The van der Waals surface area contributed by atoms with E-state index < -0.39 is 0 Å². The number of carbonyl (C=O) groups excluding carboxylic acids is 1. The molecule has 0 radical (unpaired) electrons. The fourth-order valence-electron chi connectivity index (χ4n) is 4.77. The lowest BCUT2D eigenvalue weighted by Crippen LogP contribution is -2.43.